The van der Waals surface area contributed by atoms with Crippen LogP contribution >= 0.6 is 0 Å². The molecule has 0 spiro atoms. The van der Waals surface area contributed by atoms with Crippen LogP contribution in [-0.2, 0) is 85.6 Å². The Bertz CT molecular complexity index is 4020. The summed E-state index contributed by atoms with van der Waals surface area (Å²) in [5.74, 6) is -2.46. The predicted molar refractivity (Wildman–Crippen MR) is 420 cm³/mol. The molecule has 26 heteroatoms. The Morgan fingerprint density at radius 3 is 1.41 bits per heavy atom. The van der Waals surface area contributed by atoms with Crippen molar-refractivity contribution >= 4 is 63.5 Å². The van der Waals surface area contributed by atoms with Crippen molar-refractivity contribution in [1.82, 2.24) is 20.2 Å². The number of hydrogen-bond donors (Lipinski definition) is 4. The van der Waals surface area contributed by atoms with E-state index in [-0.39, 0.29) is 85.4 Å². The summed E-state index contributed by atoms with van der Waals surface area (Å²) >= 11 is 0. The van der Waals surface area contributed by atoms with Crippen LogP contribution in [-0.4, -0.2) is 171 Å². The smallest absolute Gasteiger partial charge is 0.394 e. The van der Waals surface area contributed by atoms with Gasteiger partial charge in [0.15, 0.2) is 22.6 Å². The average molecular weight is 1550 g/mol. The SMILES string of the molecule is C=CC[C@](C)(O)C(C)=O.C=CC[C@]1(C)CCCOC1=O.C=CC[C@]1(C)CCCON(C(=O)c2ccccc2)C1=O.C=CC[C@]1(C)OC(C)(C)N(C(=O)c2ccccc2)C1=O.C=CC[C@]1(COCc2ccccc2)OCCN(C(=O)c2ccccc2)C1=O.C=CC[C@]1(COCc2ccccc2)OCCNC1=O.O=S(=O)(O)O. The lowest BCUT2D eigenvalue weighted by Gasteiger charge is -2.40. The molecular formula is C85H108N4O21S. The van der Waals surface area contributed by atoms with Gasteiger partial charge in [-0.25, -0.2) is 4.90 Å². The Morgan fingerprint density at radius 1 is 0.541 bits per heavy atom. The second-order valence-electron chi connectivity index (χ2n) is 27.9. The minimum absolute atomic E-state index is 0.0608. The van der Waals surface area contributed by atoms with Gasteiger partial charge in [0, 0.05) is 48.9 Å². The van der Waals surface area contributed by atoms with E-state index in [2.05, 4.69) is 44.8 Å². The fraction of sp³-hybridized carbons (Fsp3) is 0.400. The second-order valence-corrected chi connectivity index (χ2v) is 28.8. The van der Waals surface area contributed by atoms with Crippen LogP contribution in [0, 0.1) is 10.8 Å². The summed E-state index contributed by atoms with van der Waals surface area (Å²) in [4.78, 5) is 118. The van der Waals surface area contributed by atoms with E-state index >= 15 is 0 Å². The average Bonchev–Trinajstić information content (AvgIpc) is 1.60. The maximum atomic E-state index is 13.1. The lowest BCUT2D eigenvalue weighted by Crippen LogP contribution is -2.60. The highest BCUT2D eigenvalue weighted by molar-refractivity contribution is 7.79. The Hall–Kier alpha value is -9.84. The zero-order chi connectivity index (χ0) is 82.5. The van der Waals surface area contributed by atoms with Gasteiger partial charge in [-0.3, -0.25) is 62.0 Å². The highest BCUT2D eigenvalue weighted by Crippen LogP contribution is 2.39. The number of cyclic esters (lactones) is 1. The Kier molecular flexibility index (Phi) is 37.8. The van der Waals surface area contributed by atoms with Crippen LogP contribution in [0.4, 0.5) is 0 Å². The number of carbonyl (C=O) groups excluding carboxylic acids is 9. The molecule has 5 aliphatic heterocycles. The van der Waals surface area contributed by atoms with Gasteiger partial charge in [0.1, 0.15) is 11.3 Å². The summed E-state index contributed by atoms with van der Waals surface area (Å²) in [6.45, 7) is 37.2. The fourth-order valence-corrected chi connectivity index (χ4v) is 12.0. The Morgan fingerprint density at radius 2 is 0.964 bits per heavy atom. The first kappa shape index (κ1) is 93.5. The van der Waals surface area contributed by atoms with Gasteiger partial charge in [-0.2, -0.15) is 8.42 Å². The van der Waals surface area contributed by atoms with E-state index in [1.165, 1.54) is 29.7 Å². The lowest BCUT2D eigenvalue weighted by atomic mass is 9.81. The number of nitrogens with zero attached hydrogens (tertiary/aromatic N) is 3. The topological polar surface area (TPSA) is 335 Å². The van der Waals surface area contributed by atoms with Gasteiger partial charge < -0.3 is 38.8 Å². The first-order valence-electron chi connectivity index (χ1n) is 36.2. The zero-order valence-corrected chi connectivity index (χ0v) is 65.5. The van der Waals surface area contributed by atoms with Crippen LogP contribution in [0.2, 0.25) is 0 Å². The minimum atomic E-state index is -4.67. The van der Waals surface area contributed by atoms with Crippen LogP contribution in [0.1, 0.15) is 155 Å². The number of allylic oxidation sites excluding steroid dienone is 2. The van der Waals surface area contributed by atoms with Crippen molar-refractivity contribution in [2.24, 2.45) is 10.8 Å². The number of esters is 1. The maximum Gasteiger partial charge on any atom is 0.394 e. The molecule has 0 unspecified atom stereocenters. The van der Waals surface area contributed by atoms with Gasteiger partial charge >= 0.3 is 16.4 Å². The van der Waals surface area contributed by atoms with Gasteiger partial charge in [0.25, 0.3) is 41.4 Å². The lowest BCUT2D eigenvalue weighted by molar-refractivity contribution is -0.178. The first-order valence-corrected chi connectivity index (χ1v) is 37.6. The highest BCUT2D eigenvalue weighted by atomic mass is 32.3. The number of Topliss-reactive ketones (excluding diaryl/α,β-unsaturated/α-hetero) is 1. The van der Waals surface area contributed by atoms with E-state index in [1.807, 2.05) is 92.7 Å². The number of hydroxylamine groups is 2. The zero-order valence-electron chi connectivity index (χ0n) is 64.7. The molecular weight excluding hydrogens is 1450 g/mol. The van der Waals surface area contributed by atoms with Gasteiger partial charge in [0.05, 0.1) is 70.2 Å². The molecule has 5 aliphatic rings. The summed E-state index contributed by atoms with van der Waals surface area (Å²) in [6.07, 6.45) is 16.0. The molecule has 5 fully saturated rings. The van der Waals surface area contributed by atoms with Crippen LogP contribution in [0.3, 0.4) is 0 Å². The van der Waals surface area contributed by atoms with Crippen molar-refractivity contribution in [1.29, 1.82) is 0 Å². The van der Waals surface area contributed by atoms with Gasteiger partial charge in [-0.1, -0.05) is 159 Å². The second kappa shape index (κ2) is 44.9. The number of imide groups is 3. The summed E-state index contributed by atoms with van der Waals surface area (Å²) in [5, 5.41) is 12.9. The van der Waals surface area contributed by atoms with E-state index in [4.69, 9.17) is 50.8 Å². The van der Waals surface area contributed by atoms with Crippen molar-refractivity contribution in [3.63, 3.8) is 0 Å². The normalized spacial score (nSPS) is 22.3. The van der Waals surface area contributed by atoms with E-state index in [0.29, 0.717) is 88.4 Å². The summed E-state index contributed by atoms with van der Waals surface area (Å²) < 4.78 is 65.3. The quantitative estimate of drug-likeness (QED) is 0.0193. The third-order valence-electron chi connectivity index (χ3n) is 18.1. The van der Waals surface area contributed by atoms with Gasteiger partial charge in [-0.05, 0) is 128 Å². The summed E-state index contributed by atoms with van der Waals surface area (Å²) in [5.41, 5.74) is -2.79. The van der Waals surface area contributed by atoms with Crippen LogP contribution in [0.25, 0.3) is 0 Å². The number of morpholine rings is 2. The number of ether oxygens (including phenoxy) is 6. The molecule has 5 saturated heterocycles. The molecule has 5 aromatic rings. The maximum absolute atomic E-state index is 13.1. The molecule has 10 rings (SSSR count). The molecule has 0 bridgehead atoms. The minimum Gasteiger partial charge on any atom is -0.465 e. The molecule has 25 nitrogen and oxygen atoms in total. The van der Waals surface area contributed by atoms with Crippen molar-refractivity contribution in [3.05, 3.63) is 255 Å². The van der Waals surface area contributed by atoms with Crippen LogP contribution in [0.5, 0.6) is 0 Å². The van der Waals surface area contributed by atoms with Gasteiger partial charge in [-0.15, -0.1) is 44.5 Å². The fourth-order valence-electron chi connectivity index (χ4n) is 12.0. The molecule has 111 heavy (non-hydrogen) atoms. The number of benzene rings is 5. The van der Waals surface area contributed by atoms with E-state index in [0.717, 1.165) is 41.9 Å². The number of nitrogens with one attached hydrogen (secondary N) is 1. The molecule has 6 atom stereocenters. The molecule has 0 aromatic heterocycles. The van der Waals surface area contributed by atoms with Crippen LogP contribution in [0.15, 0.2) is 228 Å². The first-order chi connectivity index (χ1) is 52.5. The monoisotopic (exact) mass is 1550 g/mol. The molecule has 7 amide bonds. The number of hydrogen-bond acceptors (Lipinski definition) is 19. The largest absolute Gasteiger partial charge is 0.465 e. The van der Waals surface area contributed by atoms with Crippen molar-refractivity contribution < 1.29 is 99.0 Å². The molecule has 0 saturated carbocycles. The van der Waals surface area contributed by atoms with E-state index < -0.39 is 49.9 Å². The standard InChI is InChI=1S/C22H23NO4.2C16H19NO3.C15H19NO3.C9H14O2.C7H12O2.H2O4S/c1-2-13-22(17-26-16-18-9-5-3-6-10-18)21(25)23(14-15-27-22)20(24)19-11-7-4-8-12-19;1-5-11-16(4)14(19)17(15(2,3)20-16)13(18)12-9-7-6-8-10-12;1-3-10-16(2)11-7-12-20-17(15(16)19)14(18)13-8-5-4-6-9-13;1-2-8-15(14(17)16-9-10-19-15)12-18-11-13-6-4-3-5-7-13;1-3-5-9(2)6-4-7-11-8(9)10;1-4-5-7(3,9)6(2)8;1-5(2,3)4/h2-12H,1,13-17H2;5-10H,1,11H2,2-4H3;3-6,8-9H,1,7,10-12H2,2H3;2-7H,1,8-12H2,(H,16,17);3H,1,4-7H2,2H3;4,9H,1,5H2,2-3H3;(H2,1,2,3,4)/t22-;2*16-;15-;9-;7-;/m101110./s1. The third kappa shape index (κ3) is 28.8. The molecule has 600 valence electrons. The molecule has 0 aliphatic carbocycles. The third-order valence-corrected chi connectivity index (χ3v) is 18.1. The predicted octanol–water partition coefficient (Wildman–Crippen LogP) is 12.8. The molecule has 5 heterocycles. The van der Waals surface area contributed by atoms with Crippen molar-refractivity contribution in [2.45, 2.75) is 154 Å². The van der Waals surface area contributed by atoms with Crippen LogP contribution < -0.4 is 5.32 Å². The Labute approximate surface area is 652 Å². The van der Waals surface area contributed by atoms with Crippen molar-refractivity contribution in [2.75, 3.05) is 52.7 Å². The number of aliphatic hydroxyl groups is 1. The van der Waals surface area contributed by atoms with E-state index in [1.54, 1.807) is 124 Å². The van der Waals surface area contributed by atoms with Crippen molar-refractivity contribution in [3.8, 4) is 0 Å². The number of ketones is 1. The number of carbonyl (C=O) groups is 9. The molecule has 0 radical (unpaired) electrons. The molecule has 4 N–H and O–H groups in total. The molecule has 5 aromatic carbocycles. The number of rotatable bonds is 24. The summed E-state index contributed by atoms with van der Waals surface area (Å²) in [6, 6.07) is 45.8. The number of amides is 7. The van der Waals surface area contributed by atoms with E-state index in [9.17, 15) is 48.3 Å². The highest BCUT2D eigenvalue weighted by Gasteiger charge is 2.56. The van der Waals surface area contributed by atoms with Gasteiger partial charge in [0.2, 0.25) is 0 Å². The summed E-state index contributed by atoms with van der Waals surface area (Å²) in [7, 11) is -4.67. The Balaban J connectivity index is 0.000000285.